The molecule has 0 saturated heterocycles. The Morgan fingerprint density at radius 2 is 1.95 bits per heavy atom. The molecule has 2 N–H and O–H groups in total. The molecule has 0 spiro atoms. The van der Waals surface area contributed by atoms with Gasteiger partial charge in [0.15, 0.2) is 5.96 Å². The molecule has 2 aromatic rings. The van der Waals surface area contributed by atoms with Crippen LogP contribution in [-0.4, -0.2) is 29.0 Å². The van der Waals surface area contributed by atoms with Gasteiger partial charge in [0.2, 0.25) is 0 Å². The summed E-state index contributed by atoms with van der Waals surface area (Å²) in [5.74, 6) is 0.616. The Balaban J connectivity index is 1.85. The van der Waals surface area contributed by atoms with E-state index < -0.39 is 0 Å². The number of hydrogen-bond donors (Lipinski definition) is 2. The molecule has 7 heteroatoms. The van der Waals surface area contributed by atoms with E-state index in [-0.39, 0.29) is 10.6 Å². The Kier molecular flexibility index (Phi) is 5.53. The molecule has 0 amide bonds. The highest BCUT2D eigenvalue weighted by Gasteiger charge is 2.12. The second-order valence-electron chi connectivity index (χ2n) is 4.66. The number of guanidine groups is 1. The van der Waals surface area contributed by atoms with E-state index in [9.17, 15) is 10.1 Å². The van der Waals surface area contributed by atoms with Gasteiger partial charge in [-0.2, -0.15) is 0 Å². The summed E-state index contributed by atoms with van der Waals surface area (Å²) in [6.07, 6.45) is 3.98. The normalized spacial score (nSPS) is 11.2. The molecule has 0 fully saturated rings. The molecular weight excluding hydrogens is 282 g/mol. The van der Waals surface area contributed by atoms with Crippen LogP contribution in [0.4, 0.5) is 5.69 Å². The summed E-state index contributed by atoms with van der Waals surface area (Å²) in [6, 6.07) is 10.6. The highest BCUT2D eigenvalue weighted by molar-refractivity contribution is 5.79. The van der Waals surface area contributed by atoms with Crippen LogP contribution >= 0.6 is 0 Å². The molecule has 1 aromatic heterocycles. The molecule has 0 bridgehead atoms. The zero-order valence-corrected chi connectivity index (χ0v) is 12.4. The Labute approximate surface area is 128 Å². The number of aliphatic imine (C=N–C) groups is 1. The molecule has 0 aliphatic rings. The van der Waals surface area contributed by atoms with Gasteiger partial charge in [-0.15, -0.1) is 0 Å². The number of hydrogen-bond acceptors (Lipinski definition) is 3. The molecule has 0 atom stereocenters. The number of nitrogens with one attached hydrogen (secondary N) is 2. The highest BCUT2D eigenvalue weighted by atomic mass is 16.6. The van der Waals surface area contributed by atoms with Gasteiger partial charge < -0.3 is 15.2 Å². The van der Waals surface area contributed by atoms with E-state index in [4.69, 9.17) is 0 Å². The number of nitro groups is 1. The van der Waals surface area contributed by atoms with Crippen molar-refractivity contribution in [3.63, 3.8) is 0 Å². The number of para-hydroxylation sites is 1. The third-order valence-electron chi connectivity index (χ3n) is 3.19. The molecule has 116 valence electrons. The van der Waals surface area contributed by atoms with Crippen LogP contribution in [0.2, 0.25) is 0 Å². The third-order valence-corrected chi connectivity index (χ3v) is 3.19. The fourth-order valence-corrected chi connectivity index (χ4v) is 2.06. The first-order valence-corrected chi connectivity index (χ1v) is 6.98. The molecule has 0 saturated carbocycles. The fourth-order valence-electron chi connectivity index (χ4n) is 2.06. The number of aromatic nitrogens is 1. The second-order valence-corrected chi connectivity index (χ2v) is 4.66. The molecule has 1 heterocycles. The van der Waals surface area contributed by atoms with Crippen LogP contribution in [0.15, 0.2) is 53.8 Å². The van der Waals surface area contributed by atoms with Gasteiger partial charge in [0.05, 0.1) is 4.92 Å². The lowest BCUT2D eigenvalue weighted by molar-refractivity contribution is -0.385. The number of benzene rings is 1. The Morgan fingerprint density at radius 3 is 2.64 bits per heavy atom. The van der Waals surface area contributed by atoms with Gasteiger partial charge >= 0.3 is 0 Å². The summed E-state index contributed by atoms with van der Waals surface area (Å²) in [6.45, 7) is 1.88. The van der Waals surface area contributed by atoms with E-state index in [2.05, 4.69) is 20.2 Å². The minimum atomic E-state index is -0.376. The average Bonchev–Trinajstić information content (AvgIpc) is 3.04. The van der Waals surface area contributed by atoms with Gasteiger partial charge in [0, 0.05) is 50.7 Å². The molecule has 0 aliphatic carbocycles. The SMILES string of the molecule is CN=C(NCCn1cccc1)NCc1ccccc1[N+](=O)[O-]. The number of nitro benzene ring substituents is 1. The molecule has 0 aliphatic heterocycles. The van der Waals surface area contributed by atoms with Gasteiger partial charge in [0.25, 0.3) is 5.69 Å². The first-order chi connectivity index (χ1) is 10.7. The summed E-state index contributed by atoms with van der Waals surface area (Å²) >= 11 is 0. The van der Waals surface area contributed by atoms with E-state index >= 15 is 0 Å². The standard InChI is InChI=1S/C15H19N5O2/c1-16-15(17-8-11-19-9-4-5-10-19)18-12-13-6-2-3-7-14(13)20(21)22/h2-7,9-10H,8,11-12H2,1H3,(H2,16,17,18). The zero-order valence-electron chi connectivity index (χ0n) is 12.4. The first-order valence-electron chi connectivity index (χ1n) is 6.98. The van der Waals surface area contributed by atoms with Crippen molar-refractivity contribution in [2.45, 2.75) is 13.1 Å². The van der Waals surface area contributed by atoms with E-state index in [1.54, 1.807) is 25.2 Å². The van der Waals surface area contributed by atoms with Crippen molar-refractivity contribution in [1.29, 1.82) is 0 Å². The summed E-state index contributed by atoms with van der Waals surface area (Å²) in [5, 5.41) is 17.2. The van der Waals surface area contributed by atoms with Crippen LogP contribution in [0.5, 0.6) is 0 Å². The van der Waals surface area contributed by atoms with Crippen molar-refractivity contribution in [3.8, 4) is 0 Å². The molecule has 7 nitrogen and oxygen atoms in total. The molecule has 1 aromatic carbocycles. The van der Waals surface area contributed by atoms with Gasteiger partial charge in [0.1, 0.15) is 0 Å². The quantitative estimate of drug-likeness (QED) is 0.368. The maximum absolute atomic E-state index is 11.0. The van der Waals surface area contributed by atoms with Crippen LogP contribution < -0.4 is 10.6 Å². The zero-order chi connectivity index (χ0) is 15.8. The summed E-state index contributed by atoms with van der Waals surface area (Å²) in [4.78, 5) is 14.7. The molecule has 22 heavy (non-hydrogen) atoms. The molecular formula is C15H19N5O2. The van der Waals surface area contributed by atoms with Crippen molar-refractivity contribution >= 4 is 11.6 Å². The lowest BCUT2D eigenvalue weighted by atomic mass is 10.2. The smallest absolute Gasteiger partial charge is 0.274 e. The predicted molar refractivity (Wildman–Crippen MR) is 85.7 cm³/mol. The highest BCUT2D eigenvalue weighted by Crippen LogP contribution is 2.16. The average molecular weight is 301 g/mol. The van der Waals surface area contributed by atoms with Crippen LogP contribution in [0.25, 0.3) is 0 Å². The van der Waals surface area contributed by atoms with Crippen molar-refractivity contribution in [3.05, 3.63) is 64.5 Å². The Morgan fingerprint density at radius 1 is 1.23 bits per heavy atom. The Bertz CT molecular complexity index is 637. The van der Waals surface area contributed by atoms with Gasteiger partial charge in [-0.05, 0) is 12.1 Å². The summed E-state index contributed by atoms with van der Waals surface area (Å²) in [7, 11) is 1.67. The second kappa shape index (κ2) is 7.82. The number of nitrogens with zero attached hydrogens (tertiary/aromatic N) is 3. The van der Waals surface area contributed by atoms with Crippen LogP contribution in [0.1, 0.15) is 5.56 Å². The van der Waals surface area contributed by atoms with Crippen LogP contribution in [-0.2, 0) is 13.1 Å². The topological polar surface area (TPSA) is 84.5 Å². The molecule has 2 rings (SSSR count). The van der Waals surface area contributed by atoms with Crippen molar-refractivity contribution in [2.24, 2.45) is 4.99 Å². The predicted octanol–water partition coefficient (Wildman–Crippen LogP) is 1.76. The van der Waals surface area contributed by atoms with Gasteiger partial charge in [-0.25, -0.2) is 0 Å². The largest absolute Gasteiger partial charge is 0.355 e. The van der Waals surface area contributed by atoms with Gasteiger partial charge in [-0.3, -0.25) is 15.1 Å². The first kappa shape index (κ1) is 15.6. The van der Waals surface area contributed by atoms with E-state index in [1.165, 1.54) is 6.07 Å². The fraction of sp³-hybridized carbons (Fsp3) is 0.267. The molecule has 0 unspecified atom stereocenters. The van der Waals surface area contributed by atoms with Crippen molar-refractivity contribution in [2.75, 3.05) is 13.6 Å². The van der Waals surface area contributed by atoms with E-state index in [1.807, 2.05) is 24.5 Å². The van der Waals surface area contributed by atoms with Gasteiger partial charge in [-0.1, -0.05) is 18.2 Å². The van der Waals surface area contributed by atoms with Crippen LogP contribution in [0, 0.1) is 10.1 Å². The minimum Gasteiger partial charge on any atom is -0.355 e. The third kappa shape index (κ3) is 4.34. The summed E-state index contributed by atoms with van der Waals surface area (Å²) < 4.78 is 2.06. The van der Waals surface area contributed by atoms with E-state index in [0.29, 0.717) is 24.6 Å². The monoisotopic (exact) mass is 301 g/mol. The molecule has 0 radical (unpaired) electrons. The minimum absolute atomic E-state index is 0.109. The maximum atomic E-state index is 11.0. The lowest BCUT2D eigenvalue weighted by Gasteiger charge is -2.12. The summed E-state index contributed by atoms with van der Waals surface area (Å²) in [5.41, 5.74) is 0.735. The number of rotatable bonds is 6. The van der Waals surface area contributed by atoms with Crippen LogP contribution in [0.3, 0.4) is 0 Å². The van der Waals surface area contributed by atoms with Crippen molar-refractivity contribution < 1.29 is 4.92 Å². The van der Waals surface area contributed by atoms with E-state index in [0.717, 1.165) is 6.54 Å². The maximum Gasteiger partial charge on any atom is 0.274 e. The van der Waals surface area contributed by atoms with Crippen molar-refractivity contribution in [1.82, 2.24) is 15.2 Å². The lowest BCUT2D eigenvalue weighted by Crippen LogP contribution is -2.38. The Hall–Kier alpha value is -2.83.